The third-order valence-electron chi connectivity index (χ3n) is 14.9. The number of ether oxygens (including phenoxy) is 3. The highest BCUT2D eigenvalue weighted by Gasteiger charge is 2.46. The van der Waals surface area contributed by atoms with Crippen molar-refractivity contribution in [2.24, 2.45) is 33.5 Å². The van der Waals surface area contributed by atoms with Gasteiger partial charge in [-0.25, -0.2) is 23.0 Å². The molecule has 12 rings (SSSR count). The third kappa shape index (κ3) is 12.8. The maximum Gasteiger partial charge on any atom is 0.252 e. The molecule has 3 aromatic heterocycles. The molecular weight excluding hydrogens is 1140 g/mol. The second kappa shape index (κ2) is 24.3. The maximum atomic E-state index is 13.6. The highest BCUT2D eigenvalue weighted by molar-refractivity contribution is 6.31. The largest absolute Gasteiger partial charge is 0.379 e. The molecule has 0 bridgehead atoms. The van der Waals surface area contributed by atoms with E-state index in [4.69, 9.17) is 66.2 Å². The molecule has 0 unspecified atom stereocenters. The van der Waals surface area contributed by atoms with Crippen LogP contribution >= 0.6 is 34.8 Å². The van der Waals surface area contributed by atoms with E-state index in [0.717, 1.165) is 24.2 Å². The zero-order valence-corrected chi connectivity index (χ0v) is 48.5. The van der Waals surface area contributed by atoms with Gasteiger partial charge in [0.2, 0.25) is 12.0 Å². The lowest BCUT2D eigenvalue weighted by Gasteiger charge is -2.38. The number of fused-ring (bicyclic) bond motifs is 9. The van der Waals surface area contributed by atoms with Gasteiger partial charge in [0.15, 0.2) is 0 Å². The molecule has 6 aromatic rings. The number of hydrogen-bond acceptors (Lipinski definition) is 13. The Bertz CT molecular complexity index is 3440. The summed E-state index contributed by atoms with van der Waals surface area (Å²) < 4.78 is 62.6. The van der Waals surface area contributed by atoms with Crippen molar-refractivity contribution in [3.05, 3.63) is 121 Å². The van der Waals surface area contributed by atoms with Gasteiger partial charge < -0.3 is 41.6 Å². The molecular formula is C57H62Cl3F3N12O8. The first-order chi connectivity index (χ1) is 39.2. The Hall–Kier alpha value is -6.95. The molecule has 3 aromatic carbocycles. The fourth-order valence-electron chi connectivity index (χ4n) is 11.1. The van der Waals surface area contributed by atoms with Gasteiger partial charge in [0.25, 0.3) is 17.7 Å². The molecule has 9 heterocycles. The molecule has 4 amide bonds. The van der Waals surface area contributed by atoms with Gasteiger partial charge in [0.1, 0.15) is 34.5 Å². The Balaban J connectivity index is 0.000000143. The molecule has 0 radical (unpaired) electrons. The van der Waals surface area contributed by atoms with Crippen LogP contribution in [0.5, 0.6) is 0 Å². The summed E-state index contributed by atoms with van der Waals surface area (Å²) in [5.41, 5.74) is 22.4. The van der Waals surface area contributed by atoms with Gasteiger partial charge in [-0.05, 0) is 93.6 Å². The highest BCUT2D eigenvalue weighted by atomic mass is 35.5. The number of nitrogens with one attached hydrogen (secondary N) is 1. The van der Waals surface area contributed by atoms with Crippen molar-refractivity contribution < 1.29 is 51.4 Å². The van der Waals surface area contributed by atoms with Gasteiger partial charge >= 0.3 is 0 Å². The first-order valence-electron chi connectivity index (χ1n) is 26.7. The maximum absolute atomic E-state index is 13.6. The predicted octanol–water partition coefficient (Wildman–Crippen LogP) is 8.34. The van der Waals surface area contributed by atoms with Crippen molar-refractivity contribution in [2.45, 2.75) is 110 Å². The molecule has 7 N–H and O–H groups in total. The summed E-state index contributed by atoms with van der Waals surface area (Å²) in [6.07, 6.45) is 3.53. The van der Waals surface area contributed by atoms with Crippen LogP contribution in [0.4, 0.5) is 13.2 Å². The van der Waals surface area contributed by atoms with E-state index in [0.29, 0.717) is 109 Å². The summed E-state index contributed by atoms with van der Waals surface area (Å²) in [5.74, 6) is -2.94. The normalized spacial score (nSPS) is 20.9. The lowest BCUT2D eigenvalue weighted by atomic mass is 9.90. The number of hydrogen-bond donors (Lipinski definition) is 4. The average molecular weight is 1210 g/mol. The van der Waals surface area contributed by atoms with E-state index in [2.05, 4.69) is 25.6 Å². The first-order valence-corrected chi connectivity index (χ1v) is 27.8. The lowest BCUT2D eigenvalue weighted by molar-refractivity contribution is -0.138. The number of rotatable bonds is 7. The lowest BCUT2D eigenvalue weighted by Crippen LogP contribution is -2.50. The van der Waals surface area contributed by atoms with E-state index < -0.39 is 35.2 Å². The average Bonchev–Trinajstić information content (AvgIpc) is 2.22. The molecule has 440 valence electrons. The van der Waals surface area contributed by atoms with Crippen LogP contribution in [-0.4, -0.2) is 121 Å². The minimum atomic E-state index is -0.660. The molecule has 6 aliphatic rings. The number of amides is 4. The summed E-state index contributed by atoms with van der Waals surface area (Å²) in [7, 11) is 0. The van der Waals surface area contributed by atoms with Crippen molar-refractivity contribution in [2.75, 3.05) is 39.6 Å². The van der Waals surface area contributed by atoms with Gasteiger partial charge in [-0.2, -0.15) is 15.3 Å². The molecule has 6 aliphatic heterocycles. The summed E-state index contributed by atoms with van der Waals surface area (Å²) in [6, 6.07) is 12.6. The topological polar surface area (TPSA) is 272 Å². The number of carbonyl (C=O) groups is 4. The van der Waals surface area contributed by atoms with E-state index in [-0.39, 0.29) is 74.2 Å². The highest BCUT2D eigenvalue weighted by Crippen LogP contribution is 2.42. The number of benzene rings is 3. The summed E-state index contributed by atoms with van der Waals surface area (Å²) in [6.45, 7) is 15.4. The molecule has 0 saturated carbocycles. The van der Waals surface area contributed by atoms with Crippen molar-refractivity contribution in [3.8, 4) is 33.8 Å². The zero-order chi connectivity index (χ0) is 60.0. The fourth-order valence-corrected chi connectivity index (χ4v) is 11.6. The van der Waals surface area contributed by atoms with Crippen molar-refractivity contribution in [1.29, 1.82) is 0 Å². The SMILES string of the molecule is CC(C)(C)CC(=O)N1Cc2c(C(N)=O)c(-c3ccc(F)c(Cl)c3)nn2[C@H]2COC[C@H]21.CC(C)(C)N=C=O.NC(=O)c1c(-c2ccc(F)c(Cl)c2)nn2c1CC[C@@H]1COC[C@@H]12.NC(=O)c1c(-c2ccc(F)c(Cl)c2)nn2c1CN[C@@H]1COC[C@@H]12. The number of nitrogens with two attached hydrogens (primary N) is 3. The quantitative estimate of drug-likeness (QED) is 0.0868. The summed E-state index contributed by atoms with van der Waals surface area (Å²) in [4.78, 5) is 64.2. The van der Waals surface area contributed by atoms with E-state index in [1.165, 1.54) is 54.6 Å². The number of carbonyl (C=O) groups excluding carboxylic acids is 5. The van der Waals surface area contributed by atoms with Crippen molar-refractivity contribution in [3.63, 3.8) is 0 Å². The second-order valence-corrected chi connectivity index (χ2v) is 24.3. The number of halogens is 6. The van der Waals surface area contributed by atoms with Gasteiger partial charge in [0.05, 0.1) is 131 Å². The van der Waals surface area contributed by atoms with Crippen molar-refractivity contribution >= 4 is 64.5 Å². The van der Waals surface area contributed by atoms with Crippen LogP contribution < -0.4 is 22.5 Å². The first kappa shape index (κ1) is 60.6. The third-order valence-corrected chi connectivity index (χ3v) is 15.8. The Morgan fingerprint density at radius 2 is 1.06 bits per heavy atom. The summed E-state index contributed by atoms with van der Waals surface area (Å²) in [5, 5.41) is 17.1. The van der Waals surface area contributed by atoms with Gasteiger partial charge in [-0.1, -0.05) is 55.6 Å². The molecule has 83 heavy (non-hydrogen) atoms. The van der Waals surface area contributed by atoms with E-state index >= 15 is 0 Å². The number of nitrogens with zero attached hydrogens (tertiary/aromatic N) is 8. The van der Waals surface area contributed by atoms with E-state index in [9.17, 15) is 37.1 Å². The Kier molecular flexibility index (Phi) is 17.8. The van der Waals surface area contributed by atoms with Crippen LogP contribution in [0.1, 0.15) is 121 Å². The van der Waals surface area contributed by atoms with Crippen molar-refractivity contribution in [1.82, 2.24) is 39.6 Å². The number of primary amides is 3. The van der Waals surface area contributed by atoms with Crippen LogP contribution in [0, 0.1) is 28.8 Å². The Morgan fingerprint density at radius 1 is 0.627 bits per heavy atom. The minimum Gasteiger partial charge on any atom is -0.379 e. The molecule has 3 saturated heterocycles. The van der Waals surface area contributed by atoms with Gasteiger partial charge in [-0.3, -0.25) is 33.2 Å². The molecule has 20 nitrogen and oxygen atoms in total. The van der Waals surface area contributed by atoms with Crippen LogP contribution in [0.15, 0.2) is 59.6 Å². The number of aromatic nitrogens is 6. The number of isocyanates is 1. The molecule has 0 spiro atoms. The van der Waals surface area contributed by atoms with Crippen LogP contribution in [0.2, 0.25) is 15.1 Å². The zero-order valence-electron chi connectivity index (χ0n) is 46.3. The second-order valence-electron chi connectivity index (χ2n) is 23.1. The van der Waals surface area contributed by atoms with Crippen LogP contribution in [0.25, 0.3) is 33.8 Å². The Morgan fingerprint density at radius 3 is 1.53 bits per heavy atom. The van der Waals surface area contributed by atoms with E-state index in [1.54, 1.807) is 20.3 Å². The van der Waals surface area contributed by atoms with Gasteiger partial charge in [-0.15, -0.1) is 0 Å². The minimum absolute atomic E-state index is 0.00255. The van der Waals surface area contributed by atoms with Crippen LogP contribution in [-0.2, 0) is 43.3 Å². The standard InChI is InChI=1S/C21H24ClFN4O3.C16H15ClFN3O2.C15H14ClFN4O2.C5H9NO/c1-21(2,3)7-17(28)26-8-14-18(20(24)29)19(11-4-5-13(23)12(22)6-11)25-27(14)16-10-30-9-15(16)26;17-10-5-8(1-3-11(10)18)15-14(16(19)22)12-4-2-9-6-23-7-13(9)21(12)20-15;16-8-3-7(1-2-9(8)17)14-13(15(18)22)11-4-19-10-5-23-6-12(10)21(11)20-14;1-5(2,3)6-4-7/h4-6,15-16H,7-10H2,1-3H3,(H2,24,29);1,3,5,9,13H,2,4,6-7H2,(H2,19,22);1-3,10,12,19H,4-6H2,(H2,18,22);1-3H3/t15-,16+;9-,13+;10-,12+;/m111./s1. The monoisotopic (exact) mass is 1200 g/mol. The summed E-state index contributed by atoms with van der Waals surface area (Å²) >= 11 is 17.7. The van der Waals surface area contributed by atoms with E-state index in [1.807, 2.05) is 46.2 Å². The predicted molar refractivity (Wildman–Crippen MR) is 302 cm³/mol. The Labute approximate surface area is 490 Å². The molecule has 0 aliphatic carbocycles. The fraction of sp³-hybridized carbons (Fsp3) is 0.439. The van der Waals surface area contributed by atoms with Crippen LogP contribution in [0.3, 0.4) is 0 Å². The molecule has 26 heteroatoms. The molecule has 3 fully saturated rings. The number of aliphatic imine (C=N–C) groups is 1. The van der Waals surface area contributed by atoms with Gasteiger partial charge in [0, 0.05) is 35.6 Å². The molecule has 6 atom stereocenters. The smallest absolute Gasteiger partial charge is 0.252 e.